The van der Waals surface area contributed by atoms with Crippen molar-refractivity contribution in [1.82, 2.24) is 15.6 Å². The normalized spacial score (nSPS) is 13.2. The average molecular weight is 434 g/mol. The van der Waals surface area contributed by atoms with Crippen LogP contribution in [0, 0.1) is 5.92 Å². The van der Waals surface area contributed by atoms with Crippen molar-refractivity contribution in [3.63, 3.8) is 0 Å². The maximum absolute atomic E-state index is 12.3. The SMILES string of the molecule is CC[C@@H](C)[C@H](NS(C)(=O)=O)C(=O)NNC(=O)COc1ccccc1-c1ccccc1. The first kappa shape index (κ1) is 23.4. The third-order valence-corrected chi connectivity index (χ3v) is 5.17. The smallest absolute Gasteiger partial charge is 0.276 e. The number of ether oxygens (including phenoxy) is 1. The molecule has 2 rings (SSSR count). The van der Waals surface area contributed by atoms with Gasteiger partial charge < -0.3 is 4.74 Å². The molecule has 0 fully saturated rings. The van der Waals surface area contributed by atoms with Crippen molar-refractivity contribution in [2.75, 3.05) is 12.9 Å². The summed E-state index contributed by atoms with van der Waals surface area (Å²) in [5.74, 6) is -0.951. The lowest BCUT2D eigenvalue weighted by atomic mass is 10.00. The van der Waals surface area contributed by atoms with Crippen molar-refractivity contribution in [1.29, 1.82) is 0 Å². The fourth-order valence-electron chi connectivity index (χ4n) is 2.73. The summed E-state index contributed by atoms with van der Waals surface area (Å²) in [4.78, 5) is 24.5. The summed E-state index contributed by atoms with van der Waals surface area (Å²) in [6.45, 7) is 3.26. The molecule has 0 radical (unpaired) electrons. The van der Waals surface area contributed by atoms with Gasteiger partial charge in [-0.1, -0.05) is 68.8 Å². The van der Waals surface area contributed by atoms with Gasteiger partial charge in [0.2, 0.25) is 10.0 Å². The van der Waals surface area contributed by atoms with Gasteiger partial charge in [0, 0.05) is 5.56 Å². The van der Waals surface area contributed by atoms with Gasteiger partial charge in [0.1, 0.15) is 11.8 Å². The Balaban J connectivity index is 1.95. The molecule has 30 heavy (non-hydrogen) atoms. The minimum absolute atomic E-state index is 0.259. The van der Waals surface area contributed by atoms with Crippen LogP contribution < -0.4 is 20.3 Å². The summed E-state index contributed by atoms with van der Waals surface area (Å²) in [5.41, 5.74) is 6.30. The lowest BCUT2D eigenvalue weighted by Crippen LogP contribution is -2.55. The highest BCUT2D eigenvalue weighted by Gasteiger charge is 2.27. The molecule has 162 valence electrons. The Bertz CT molecular complexity index is 964. The molecule has 0 unspecified atom stereocenters. The Morgan fingerprint density at radius 3 is 2.27 bits per heavy atom. The van der Waals surface area contributed by atoms with Gasteiger partial charge in [-0.25, -0.2) is 13.1 Å². The largest absolute Gasteiger partial charge is 0.483 e. The molecule has 0 aliphatic rings. The second-order valence-corrected chi connectivity index (χ2v) is 8.72. The van der Waals surface area contributed by atoms with Crippen LogP contribution in [-0.2, 0) is 19.6 Å². The van der Waals surface area contributed by atoms with E-state index in [-0.39, 0.29) is 12.5 Å². The van der Waals surface area contributed by atoms with E-state index in [4.69, 9.17) is 4.74 Å². The minimum Gasteiger partial charge on any atom is -0.483 e. The molecule has 0 aliphatic carbocycles. The molecular weight excluding hydrogens is 406 g/mol. The van der Waals surface area contributed by atoms with Crippen molar-refractivity contribution in [3.05, 3.63) is 54.6 Å². The zero-order chi connectivity index (χ0) is 22.1. The fraction of sp³-hybridized carbons (Fsp3) is 0.333. The van der Waals surface area contributed by atoms with Crippen LogP contribution in [0.3, 0.4) is 0 Å². The van der Waals surface area contributed by atoms with E-state index in [1.165, 1.54) is 0 Å². The fourth-order valence-corrected chi connectivity index (χ4v) is 3.53. The van der Waals surface area contributed by atoms with Gasteiger partial charge in [-0.15, -0.1) is 0 Å². The lowest BCUT2D eigenvalue weighted by Gasteiger charge is -2.22. The van der Waals surface area contributed by atoms with Crippen LogP contribution in [0.5, 0.6) is 5.75 Å². The van der Waals surface area contributed by atoms with E-state index < -0.39 is 27.9 Å². The van der Waals surface area contributed by atoms with Crippen LogP contribution in [0.2, 0.25) is 0 Å². The Morgan fingerprint density at radius 2 is 1.63 bits per heavy atom. The first-order chi connectivity index (χ1) is 14.2. The molecule has 8 nitrogen and oxygen atoms in total. The molecule has 0 saturated carbocycles. The number of carbonyl (C=O) groups is 2. The Kier molecular flexibility index (Phi) is 8.37. The molecule has 2 aromatic carbocycles. The van der Waals surface area contributed by atoms with Crippen LogP contribution in [0.4, 0.5) is 0 Å². The highest BCUT2D eigenvalue weighted by atomic mass is 32.2. The number of hydrogen-bond donors (Lipinski definition) is 3. The zero-order valence-corrected chi connectivity index (χ0v) is 18.0. The Labute approximate surface area is 177 Å². The molecule has 0 bridgehead atoms. The molecule has 2 amide bonds. The Morgan fingerprint density at radius 1 is 1.00 bits per heavy atom. The molecule has 0 saturated heterocycles. The van der Waals surface area contributed by atoms with Crippen LogP contribution in [0.25, 0.3) is 11.1 Å². The summed E-state index contributed by atoms with van der Waals surface area (Å²) in [6, 6.07) is 15.9. The van der Waals surface area contributed by atoms with Crippen molar-refractivity contribution in [3.8, 4) is 16.9 Å². The number of amides is 2. The van der Waals surface area contributed by atoms with Crippen LogP contribution in [0.1, 0.15) is 20.3 Å². The van der Waals surface area contributed by atoms with Crippen LogP contribution in [-0.4, -0.2) is 39.1 Å². The quantitative estimate of drug-likeness (QED) is 0.522. The minimum atomic E-state index is -3.59. The molecule has 2 atom stereocenters. The third kappa shape index (κ3) is 7.16. The summed E-state index contributed by atoms with van der Waals surface area (Å²) < 4.78 is 30.9. The van der Waals surface area contributed by atoms with Crippen molar-refractivity contribution < 1.29 is 22.7 Å². The van der Waals surface area contributed by atoms with Gasteiger partial charge in [-0.3, -0.25) is 20.4 Å². The van der Waals surface area contributed by atoms with E-state index in [1.807, 2.05) is 49.4 Å². The van der Waals surface area contributed by atoms with Gasteiger partial charge in [0.25, 0.3) is 11.8 Å². The number of sulfonamides is 1. The van der Waals surface area contributed by atoms with Gasteiger partial charge in [0.15, 0.2) is 6.61 Å². The predicted molar refractivity (Wildman–Crippen MR) is 115 cm³/mol. The van der Waals surface area contributed by atoms with Crippen LogP contribution >= 0.6 is 0 Å². The van der Waals surface area contributed by atoms with E-state index in [0.717, 1.165) is 17.4 Å². The second-order valence-electron chi connectivity index (χ2n) is 6.94. The molecular formula is C21H27N3O5S. The number of nitrogens with one attached hydrogen (secondary N) is 3. The second kappa shape index (κ2) is 10.7. The molecule has 0 spiro atoms. The maximum Gasteiger partial charge on any atom is 0.276 e. The number of carbonyl (C=O) groups excluding carboxylic acids is 2. The molecule has 9 heteroatoms. The summed E-state index contributed by atoms with van der Waals surface area (Å²) in [6.07, 6.45) is 1.56. The number of hydrogen-bond acceptors (Lipinski definition) is 5. The monoisotopic (exact) mass is 433 g/mol. The summed E-state index contributed by atoms with van der Waals surface area (Å²) in [7, 11) is -3.59. The topological polar surface area (TPSA) is 114 Å². The third-order valence-electron chi connectivity index (χ3n) is 4.49. The predicted octanol–water partition coefficient (Wildman–Crippen LogP) is 1.84. The average Bonchev–Trinajstić information content (AvgIpc) is 2.74. The number of para-hydroxylation sites is 1. The summed E-state index contributed by atoms with van der Waals surface area (Å²) in [5, 5.41) is 0. The molecule has 2 aromatic rings. The maximum atomic E-state index is 12.3. The first-order valence-electron chi connectivity index (χ1n) is 9.54. The van der Waals surface area contributed by atoms with E-state index in [0.29, 0.717) is 12.2 Å². The van der Waals surface area contributed by atoms with Gasteiger partial charge in [-0.05, 0) is 17.5 Å². The lowest BCUT2D eigenvalue weighted by molar-refractivity contribution is -0.131. The highest BCUT2D eigenvalue weighted by molar-refractivity contribution is 7.88. The van der Waals surface area contributed by atoms with Gasteiger partial charge in [-0.2, -0.15) is 0 Å². The van der Waals surface area contributed by atoms with Crippen molar-refractivity contribution in [2.24, 2.45) is 5.92 Å². The van der Waals surface area contributed by atoms with Crippen LogP contribution in [0.15, 0.2) is 54.6 Å². The van der Waals surface area contributed by atoms with E-state index in [1.54, 1.807) is 19.1 Å². The number of rotatable bonds is 9. The van der Waals surface area contributed by atoms with Crippen molar-refractivity contribution in [2.45, 2.75) is 26.3 Å². The van der Waals surface area contributed by atoms with Gasteiger partial charge in [0.05, 0.1) is 6.26 Å². The standard InChI is InChI=1S/C21H27N3O5S/c1-4-15(2)20(24-30(3,27)28)21(26)23-22-19(25)14-29-18-13-9-8-12-17(18)16-10-6-5-7-11-16/h5-13,15,20,24H,4,14H2,1-3H3,(H,22,25)(H,23,26)/t15-,20+/m1/s1. The molecule has 3 N–H and O–H groups in total. The van der Waals surface area contributed by atoms with Gasteiger partial charge >= 0.3 is 0 Å². The number of hydrazine groups is 1. The molecule has 0 heterocycles. The molecule has 0 aromatic heterocycles. The summed E-state index contributed by atoms with van der Waals surface area (Å²) >= 11 is 0. The first-order valence-corrected chi connectivity index (χ1v) is 11.4. The number of benzene rings is 2. The van der Waals surface area contributed by atoms with E-state index in [9.17, 15) is 18.0 Å². The molecule has 0 aliphatic heterocycles. The van der Waals surface area contributed by atoms with Crippen molar-refractivity contribution >= 4 is 21.8 Å². The van der Waals surface area contributed by atoms with E-state index in [2.05, 4.69) is 15.6 Å². The Hall–Kier alpha value is -2.91. The van der Waals surface area contributed by atoms with E-state index >= 15 is 0 Å². The zero-order valence-electron chi connectivity index (χ0n) is 17.2. The highest BCUT2D eigenvalue weighted by Crippen LogP contribution is 2.29.